The number of rotatable bonds is 5. The molecule has 1 N–H and O–H groups in total. The number of nitrogens with zero attached hydrogens (tertiary/aromatic N) is 2. The molecule has 1 aliphatic rings. The van der Waals surface area contributed by atoms with E-state index in [2.05, 4.69) is 36.0 Å². The highest BCUT2D eigenvalue weighted by Gasteiger charge is 2.25. The van der Waals surface area contributed by atoms with Crippen LogP contribution in [0.1, 0.15) is 38.3 Å². The lowest BCUT2D eigenvalue weighted by molar-refractivity contribution is 0.247. The largest absolute Gasteiger partial charge is 0.368 e. The van der Waals surface area contributed by atoms with E-state index in [0.29, 0.717) is 6.04 Å². The minimum Gasteiger partial charge on any atom is -0.368 e. The summed E-state index contributed by atoms with van der Waals surface area (Å²) in [7, 11) is 4.17. The number of hydrogen-bond acceptors (Lipinski definition) is 3. The number of benzene rings is 1. The number of halogens is 1. The van der Waals surface area contributed by atoms with Crippen LogP contribution in [-0.4, -0.2) is 44.7 Å². The van der Waals surface area contributed by atoms with Crippen molar-refractivity contribution in [3.8, 4) is 0 Å². The van der Waals surface area contributed by atoms with Gasteiger partial charge in [0.1, 0.15) is 5.82 Å². The second kappa shape index (κ2) is 7.23. The van der Waals surface area contributed by atoms with E-state index in [1.54, 1.807) is 6.07 Å². The standard InChI is InChI=1S/C17H28FN3/c1-5-19-13(2)15-9-6-10-16(18)17(15)21(4)14-8-7-11-20(3)12-14/h6,9-10,13-14,19H,5,7-8,11-12H2,1-4H3. The summed E-state index contributed by atoms with van der Waals surface area (Å²) >= 11 is 0. The highest BCUT2D eigenvalue weighted by Crippen LogP contribution is 2.31. The van der Waals surface area contributed by atoms with Crippen LogP contribution >= 0.6 is 0 Å². The zero-order chi connectivity index (χ0) is 15.4. The van der Waals surface area contributed by atoms with Crippen molar-refractivity contribution in [2.24, 2.45) is 0 Å². The lowest BCUT2D eigenvalue weighted by Crippen LogP contribution is -2.45. The van der Waals surface area contributed by atoms with Crippen LogP contribution in [0.2, 0.25) is 0 Å². The molecule has 3 nitrogen and oxygen atoms in total. The van der Waals surface area contributed by atoms with Gasteiger partial charge in [-0.1, -0.05) is 19.1 Å². The van der Waals surface area contributed by atoms with Gasteiger partial charge in [0.25, 0.3) is 0 Å². The van der Waals surface area contributed by atoms with E-state index in [1.807, 2.05) is 19.2 Å². The highest BCUT2D eigenvalue weighted by molar-refractivity contribution is 5.56. The van der Waals surface area contributed by atoms with Gasteiger partial charge in [0.15, 0.2) is 0 Å². The zero-order valence-corrected chi connectivity index (χ0v) is 13.7. The number of likely N-dealkylation sites (tertiary alicyclic amines) is 1. The summed E-state index contributed by atoms with van der Waals surface area (Å²) in [6, 6.07) is 5.95. The summed E-state index contributed by atoms with van der Waals surface area (Å²) in [4.78, 5) is 4.48. The minimum atomic E-state index is -0.118. The van der Waals surface area contributed by atoms with Gasteiger partial charge in [0, 0.05) is 25.7 Å². The first-order valence-electron chi connectivity index (χ1n) is 7.97. The van der Waals surface area contributed by atoms with Crippen LogP contribution in [0.5, 0.6) is 0 Å². The number of hydrogen-bond donors (Lipinski definition) is 1. The topological polar surface area (TPSA) is 18.5 Å². The van der Waals surface area contributed by atoms with Gasteiger partial charge in [0.2, 0.25) is 0 Å². The van der Waals surface area contributed by atoms with E-state index in [9.17, 15) is 4.39 Å². The van der Waals surface area contributed by atoms with Gasteiger partial charge >= 0.3 is 0 Å². The maximum Gasteiger partial charge on any atom is 0.146 e. The molecular formula is C17H28FN3. The SMILES string of the molecule is CCNC(C)c1cccc(F)c1N(C)C1CCCN(C)C1. The fourth-order valence-corrected chi connectivity index (χ4v) is 3.31. The van der Waals surface area contributed by atoms with Gasteiger partial charge in [-0.25, -0.2) is 4.39 Å². The molecule has 1 heterocycles. The lowest BCUT2D eigenvalue weighted by atomic mass is 10.00. The van der Waals surface area contributed by atoms with Crippen molar-refractivity contribution in [1.82, 2.24) is 10.2 Å². The molecule has 2 atom stereocenters. The van der Waals surface area contributed by atoms with Crippen molar-refractivity contribution in [3.05, 3.63) is 29.6 Å². The Morgan fingerprint density at radius 1 is 1.48 bits per heavy atom. The molecule has 0 aromatic heterocycles. The second-order valence-corrected chi connectivity index (χ2v) is 6.13. The fourth-order valence-electron chi connectivity index (χ4n) is 3.31. The predicted octanol–water partition coefficient (Wildman–Crippen LogP) is 3.03. The highest BCUT2D eigenvalue weighted by atomic mass is 19.1. The molecule has 0 spiro atoms. The monoisotopic (exact) mass is 293 g/mol. The van der Waals surface area contributed by atoms with E-state index < -0.39 is 0 Å². The fraction of sp³-hybridized carbons (Fsp3) is 0.647. The second-order valence-electron chi connectivity index (χ2n) is 6.13. The molecule has 1 aliphatic heterocycles. The Hall–Kier alpha value is -1.13. The van der Waals surface area contributed by atoms with Crippen LogP contribution in [0, 0.1) is 5.82 Å². The molecule has 4 heteroatoms. The van der Waals surface area contributed by atoms with Crippen molar-refractivity contribution in [3.63, 3.8) is 0 Å². The molecule has 1 fully saturated rings. The first-order chi connectivity index (χ1) is 10.0. The predicted molar refractivity (Wildman–Crippen MR) is 87.4 cm³/mol. The molecule has 0 amide bonds. The van der Waals surface area contributed by atoms with E-state index in [4.69, 9.17) is 0 Å². The number of para-hydroxylation sites is 1. The molecule has 2 rings (SSSR count). The van der Waals surface area contributed by atoms with Crippen molar-refractivity contribution in [2.45, 2.75) is 38.8 Å². The minimum absolute atomic E-state index is 0.118. The summed E-state index contributed by atoms with van der Waals surface area (Å²) in [6.07, 6.45) is 2.31. The normalized spacial score (nSPS) is 21.3. The van der Waals surface area contributed by atoms with Crippen LogP contribution in [-0.2, 0) is 0 Å². The Kier molecular flexibility index (Phi) is 5.59. The Labute approximate surface area is 128 Å². The van der Waals surface area contributed by atoms with Gasteiger partial charge in [-0.05, 0) is 51.5 Å². The molecule has 1 aromatic rings. The smallest absolute Gasteiger partial charge is 0.146 e. The maximum atomic E-state index is 14.5. The molecule has 1 saturated heterocycles. The summed E-state index contributed by atoms with van der Waals surface area (Å²) < 4.78 is 14.5. The molecule has 2 unspecified atom stereocenters. The molecule has 1 aromatic carbocycles. The third kappa shape index (κ3) is 3.74. The van der Waals surface area contributed by atoms with Crippen LogP contribution < -0.4 is 10.2 Å². The van der Waals surface area contributed by atoms with Crippen molar-refractivity contribution in [2.75, 3.05) is 38.6 Å². The van der Waals surface area contributed by atoms with Gasteiger partial charge in [-0.15, -0.1) is 0 Å². The number of nitrogens with one attached hydrogen (secondary N) is 1. The average molecular weight is 293 g/mol. The summed E-state index contributed by atoms with van der Waals surface area (Å²) in [6.45, 7) is 7.20. The average Bonchev–Trinajstić information content (AvgIpc) is 2.46. The third-order valence-corrected chi connectivity index (χ3v) is 4.49. The van der Waals surface area contributed by atoms with Gasteiger partial charge in [-0.2, -0.15) is 0 Å². The Morgan fingerprint density at radius 3 is 2.90 bits per heavy atom. The molecule has 118 valence electrons. The van der Waals surface area contributed by atoms with Crippen molar-refractivity contribution >= 4 is 5.69 Å². The number of anilines is 1. The zero-order valence-electron chi connectivity index (χ0n) is 13.7. The Bertz CT molecular complexity index is 463. The van der Waals surface area contributed by atoms with Crippen molar-refractivity contribution in [1.29, 1.82) is 0 Å². The van der Waals surface area contributed by atoms with Crippen LogP contribution in [0.3, 0.4) is 0 Å². The van der Waals surface area contributed by atoms with Crippen LogP contribution in [0.25, 0.3) is 0 Å². The Morgan fingerprint density at radius 2 is 2.24 bits per heavy atom. The van der Waals surface area contributed by atoms with Crippen LogP contribution in [0.15, 0.2) is 18.2 Å². The third-order valence-electron chi connectivity index (χ3n) is 4.49. The summed E-state index contributed by atoms with van der Waals surface area (Å²) in [5.74, 6) is -0.118. The molecule has 0 saturated carbocycles. The van der Waals surface area contributed by atoms with Gasteiger partial charge in [0.05, 0.1) is 5.69 Å². The first-order valence-corrected chi connectivity index (χ1v) is 7.97. The van der Waals surface area contributed by atoms with E-state index in [1.165, 1.54) is 6.42 Å². The number of likely N-dealkylation sites (N-methyl/N-ethyl adjacent to an activating group) is 2. The van der Waals surface area contributed by atoms with Gasteiger partial charge < -0.3 is 15.1 Å². The van der Waals surface area contributed by atoms with Gasteiger partial charge in [-0.3, -0.25) is 0 Å². The molecule has 0 radical (unpaired) electrons. The maximum absolute atomic E-state index is 14.5. The van der Waals surface area contributed by atoms with E-state index in [-0.39, 0.29) is 11.9 Å². The molecular weight excluding hydrogens is 265 g/mol. The van der Waals surface area contributed by atoms with Crippen molar-refractivity contribution < 1.29 is 4.39 Å². The molecule has 0 bridgehead atoms. The quantitative estimate of drug-likeness (QED) is 0.900. The summed E-state index contributed by atoms with van der Waals surface area (Å²) in [5, 5.41) is 3.39. The molecule has 21 heavy (non-hydrogen) atoms. The first kappa shape index (κ1) is 16.2. The molecule has 0 aliphatic carbocycles. The number of piperidine rings is 1. The van der Waals surface area contributed by atoms with Crippen LogP contribution in [0.4, 0.5) is 10.1 Å². The van der Waals surface area contributed by atoms with E-state index >= 15 is 0 Å². The van der Waals surface area contributed by atoms with E-state index in [0.717, 1.165) is 37.3 Å². The summed E-state index contributed by atoms with van der Waals surface area (Å²) in [5.41, 5.74) is 1.80. The lowest BCUT2D eigenvalue weighted by Gasteiger charge is -2.38. The Balaban J connectivity index is 2.28.